The molecule has 0 aliphatic heterocycles. The van der Waals surface area contributed by atoms with Gasteiger partial charge in [0, 0.05) is 12.5 Å². The molecule has 2 unspecified atom stereocenters. The van der Waals surface area contributed by atoms with E-state index < -0.39 is 6.10 Å². The Kier molecular flexibility index (Phi) is 7.37. The van der Waals surface area contributed by atoms with Crippen LogP contribution in [0.3, 0.4) is 0 Å². The number of rotatable bonds is 8. The summed E-state index contributed by atoms with van der Waals surface area (Å²) in [6, 6.07) is 6.45. The molecule has 0 saturated heterocycles. The molecule has 1 aromatic rings. The Bertz CT molecular complexity index is 448. The van der Waals surface area contributed by atoms with Crippen LogP contribution in [0, 0.1) is 17.7 Å². The van der Waals surface area contributed by atoms with Gasteiger partial charge < -0.3 is 10.4 Å². The minimum Gasteiger partial charge on any atom is -0.391 e. The molecule has 1 aromatic carbocycles. The van der Waals surface area contributed by atoms with E-state index in [4.69, 9.17) is 0 Å². The van der Waals surface area contributed by atoms with Gasteiger partial charge in [-0.25, -0.2) is 4.39 Å². The Labute approximate surface area is 126 Å². The van der Waals surface area contributed by atoms with E-state index in [0.717, 1.165) is 5.56 Å². The van der Waals surface area contributed by atoms with Gasteiger partial charge in [0.2, 0.25) is 5.91 Å². The van der Waals surface area contributed by atoms with Crippen molar-refractivity contribution in [1.29, 1.82) is 0 Å². The average molecular weight is 295 g/mol. The first-order valence-corrected chi connectivity index (χ1v) is 7.58. The molecule has 2 N–H and O–H groups in total. The summed E-state index contributed by atoms with van der Waals surface area (Å²) in [5, 5.41) is 12.5. The summed E-state index contributed by atoms with van der Waals surface area (Å²) in [6.07, 6.45) is 1.51. The second kappa shape index (κ2) is 8.78. The van der Waals surface area contributed by atoms with Gasteiger partial charge in [-0.05, 0) is 42.9 Å². The highest BCUT2D eigenvalue weighted by Gasteiger charge is 2.15. The highest BCUT2D eigenvalue weighted by atomic mass is 19.1. The second-order valence-corrected chi connectivity index (χ2v) is 6.10. The van der Waals surface area contributed by atoms with Gasteiger partial charge in [0.1, 0.15) is 5.82 Å². The van der Waals surface area contributed by atoms with E-state index in [-0.39, 0.29) is 17.6 Å². The molecule has 21 heavy (non-hydrogen) atoms. The van der Waals surface area contributed by atoms with Crippen molar-refractivity contribution >= 4 is 5.91 Å². The van der Waals surface area contributed by atoms with E-state index in [9.17, 15) is 14.3 Å². The minimum atomic E-state index is -0.496. The number of hydrogen-bond acceptors (Lipinski definition) is 2. The van der Waals surface area contributed by atoms with Crippen LogP contribution in [0.5, 0.6) is 0 Å². The highest BCUT2D eigenvalue weighted by Crippen LogP contribution is 2.11. The average Bonchev–Trinajstić information content (AvgIpc) is 2.41. The van der Waals surface area contributed by atoms with Crippen molar-refractivity contribution < 1.29 is 14.3 Å². The van der Waals surface area contributed by atoms with E-state index in [0.29, 0.717) is 31.7 Å². The number of hydrogen-bond donors (Lipinski definition) is 2. The van der Waals surface area contributed by atoms with Gasteiger partial charge in [-0.3, -0.25) is 4.79 Å². The van der Waals surface area contributed by atoms with Crippen molar-refractivity contribution in [3.05, 3.63) is 35.6 Å². The van der Waals surface area contributed by atoms with Crippen molar-refractivity contribution in [3.63, 3.8) is 0 Å². The van der Waals surface area contributed by atoms with E-state index in [1.807, 2.05) is 26.8 Å². The smallest absolute Gasteiger partial charge is 0.222 e. The molecule has 0 aliphatic rings. The number of aryl methyl sites for hydroxylation is 1. The summed E-state index contributed by atoms with van der Waals surface area (Å²) in [4.78, 5) is 11.9. The summed E-state index contributed by atoms with van der Waals surface area (Å²) >= 11 is 0. The first-order chi connectivity index (χ1) is 9.88. The highest BCUT2D eigenvalue weighted by molar-refractivity contribution is 5.78. The van der Waals surface area contributed by atoms with Gasteiger partial charge in [-0.15, -0.1) is 0 Å². The summed E-state index contributed by atoms with van der Waals surface area (Å²) in [6.45, 7) is 6.21. The molecule has 4 heteroatoms. The molecule has 0 bridgehead atoms. The molecule has 0 spiro atoms. The number of carbonyl (C=O) groups is 1. The normalized spacial score (nSPS) is 14.0. The SMILES string of the molecule is CC(C)CC(O)CNC(=O)C(C)CCc1cccc(F)c1. The standard InChI is InChI=1S/C17H26FNO2/c1-12(2)9-16(20)11-19-17(21)13(3)7-8-14-5-4-6-15(18)10-14/h4-6,10,12-13,16,20H,7-9,11H2,1-3H3,(H,19,21). The number of halogens is 1. The van der Waals surface area contributed by atoms with Gasteiger partial charge in [-0.2, -0.15) is 0 Å². The molecule has 3 nitrogen and oxygen atoms in total. The van der Waals surface area contributed by atoms with Gasteiger partial charge in [0.05, 0.1) is 6.10 Å². The van der Waals surface area contributed by atoms with Crippen LogP contribution in [-0.2, 0) is 11.2 Å². The molecular formula is C17H26FNO2. The monoisotopic (exact) mass is 295 g/mol. The molecule has 1 rings (SSSR count). The van der Waals surface area contributed by atoms with Crippen LogP contribution in [0.1, 0.15) is 39.2 Å². The Morgan fingerprint density at radius 2 is 2.05 bits per heavy atom. The zero-order valence-electron chi connectivity index (χ0n) is 13.1. The lowest BCUT2D eigenvalue weighted by Crippen LogP contribution is -2.36. The third kappa shape index (κ3) is 7.23. The number of aliphatic hydroxyl groups is 1. The minimum absolute atomic E-state index is 0.0609. The largest absolute Gasteiger partial charge is 0.391 e. The first-order valence-electron chi connectivity index (χ1n) is 7.58. The predicted molar refractivity (Wildman–Crippen MR) is 82.4 cm³/mol. The van der Waals surface area contributed by atoms with Crippen molar-refractivity contribution in [1.82, 2.24) is 5.32 Å². The Balaban J connectivity index is 2.31. The number of amides is 1. The third-order valence-electron chi connectivity index (χ3n) is 3.46. The molecule has 0 saturated carbocycles. The maximum Gasteiger partial charge on any atom is 0.222 e. The fraction of sp³-hybridized carbons (Fsp3) is 0.588. The molecular weight excluding hydrogens is 269 g/mol. The van der Waals surface area contributed by atoms with Crippen LogP contribution in [0.4, 0.5) is 4.39 Å². The van der Waals surface area contributed by atoms with Gasteiger partial charge in [0.15, 0.2) is 0 Å². The zero-order valence-corrected chi connectivity index (χ0v) is 13.1. The quantitative estimate of drug-likeness (QED) is 0.774. The lowest BCUT2D eigenvalue weighted by molar-refractivity contribution is -0.125. The fourth-order valence-electron chi connectivity index (χ4n) is 2.23. The molecule has 0 radical (unpaired) electrons. The summed E-state index contributed by atoms with van der Waals surface area (Å²) < 4.78 is 13.1. The predicted octanol–water partition coefficient (Wildman–Crippen LogP) is 2.92. The lowest BCUT2D eigenvalue weighted by atomic mass is 10.00. The summed E-state index contributed by atoms with van der Waals surface area (Å²) in [7, 11) is 0. The Morgan fingerprint density at radius 3 is 2.67 bits per heavy atom. The van der Waals surface area contributed by atoms with Crippen molar-refractivity contribution in [2.45, 2.75) is 46.1 Å². The molecule has 0 fully saturated rings. The number of nitrogens with one attached hydrogen (secondary N) is 1. The second-order valence-electron chi connectivity index (χ2n) is 6.10. The van der Waals surface area contributed by atoms with Crippen molar-refractivity contribution in [2.24, 2.45) is 11.8 Å². The van der Waals surface area contributed by atoms with Crippen molar-refractivity contribution in [2.75, 3.05) is 6.54 Å². The molecule has 0 heterocycles. The maximum absolute atomic E-state index is 13.1. The van der Waals surface area contributed by atoms with Crippen molar-refractivity contribution in [3.8, 4) is 0 Å². The van der Waals surface area contributed by atoms with E-state index >= 15 is 0 Å². The number of aliphatic hydroxyl groups excluding tert-OH is 1. The van der Waals surface area contributed by atoms with E-state index in [2.05, 4.69) is 5.32 Å². The van der Waals surface area contributed by atoms with Crippen LogP contribution >= 0.6 is 0 Å². The zero-order chi connectivity index (χ0) is 15.8. The lowest BCUT2D eigenvalue weighted by Gasteiger charge is -2.16. The van der Waals surface area contributed by atoms with Gasteiger partial charge in [-0.1, -0.05) is 32.9 Å². The number of carbonyl (C=O) groups excluding carboxylic acids is 1. The van der Waals surface area contributed by atoms with Gasteiger partial charge >= 0.3 is 0 Å². The van der Waals surface area contributed by atoms with Crippen LogP contribution in [-0.4, -0.2) is 23.7 Å². The molecule has 1 amide bonds. The van der Waals surface area contributed by atoms with Gasteiger partial charge in [0.25, 0.3) is 0 Å². The molecule has 118 valence electrons. The third-order valence-corrected chi connectivity index (χ3v) is 3.46. The Hall–Kier alpha value is -1.42. The summed E-state index contributed by atoms with van der Waals surface area (Å²) in [5.41, 5.74) is 0.898. The molecule has 0 aliphatic carbocycles. The fourth-order valence-corrected chi connectivity index (χ4v) is 2.23. The van der Waals surface area contributed by atoms with Crippen LogP contribution in [0.25, 0.3) is 0 Å². The summed E-state index contributed by atoms with van der Waals surface area (Å²) in [5.74, 6) is -0.0579. The van der Waals surface area contributed by atoms with Crippen LogP contribution < -0.4 is 5.32 Å². The number of benzene rings is 1. The van der Waals surface area contributed by atoms with E-state index in [1.54, 1.807) is 6.07 Å². The van der Waals surface area contributed by atoms with Crippen LogP contribution in [0.2, 0.25) is 0 Å². The topological polar surface area (TPSA) is 49.3 Å². The van der Waals surface area contributed by atoms with Crippen LogP contribution in [0.15, 0.2) is 24.3 Å². The molecule has 0 aromatic heterocycles. The van der Waals surface area contributed by atoms with E-state index in [1.165, 1.54) is 12.1 Å². The Morgan fingerprint density at radius 1 is 1.33 bits per heavy atom. The molecule has 2 atom stereocenters. The maximum atomic E-state index is 13.1. The first kappa shape index (κ1) is 17.6.